The molecule has 0 aromatic carbocycles. The second-order valence-corrected chi connectivity index (χ2v) is 5.06. The third-order valence-electron chi connectivity index (χ3n) is 2.98. The number of hydrogen-bond donors (Lipinski definition) is 3. The lowest BCUT2D eigenvalue weighted by atomic mass is 10.3. The average molecular weight is 343 g/mol. The molecule has 120 valence electrons. The van der Waals surface area contributed by atoms with Crippen molar-refractivity contribution in [3.8, 4) is 0 Å². The molecule has 0 aliphatic heterocycles. The molecule has 3 heterocycles. The van der Waals surface area contributed by atoms with E-state index in [1.54, 1.807) is 24.4 Å². The maximum absolute atomic E-state index is 12.2. The van der Waals surface area contributed by atoms with Gasteiger partial charge in [-0.2, -0.15) is 0 Å². The zero-order valence-corrected chi connectivity index (χ0v) is 12.9. The van der Waals surface area contributed by atoms with Gasteiger partial charge in [-0.05, 0) is 24.3 Å². The highest BCUT2D eigenvalue weighted by atomic mass is 35.5. The van der Waals surface area contributed by atoms with Gasteiger partial charge in [-0.3, -0.25) is 14.6 Å². The number of aromatic nitrogens is 4. The minimum absolute atomic E-state index is 0.0428. The van der Waals surface area contributed by atoms with Gasteiger partial charge in [0.25, 0.3) is 11.5 Å². The highest BCUT2D eigenvalue weighted by Gasteiger charge is 2.15. The van der Waals surface area contributed by atoms with Gasteiger partial charge in [0.1, 0.15) is 23.5 Å². The van der Waals surface area contributed by atoms with Crippen LogP contribution < -0.4 is 16.2 Å². The van der Waals surface area contributed by atoms with Gasteiger partial charge in [0, 0.05) is 12.4 Å². The van der Waals surface area contributed by atoms with Crippen molar-refractivity contribution in [3.05, 3.63) is 70.3 Å². The highest BCUT2D eigenvalue weighted by molar-refractivity contribution is 6.34. The van der Waals surface area contributed by atoms with Crippen molar-refractivity contribution >= 4 is 34.7 Å². The molecule has 0 atom stereocenters. The number of aromatic amines is 1. The number of carbonyl (C=O) groups is 1. The van der Waals surface area contributed by atoms with Crippen molar-refractivity contribution in [2.45, 2.75) is 0 Å². The lowest BCUT2D eigenvalue weighted by molar-refractivity contribution is 0.102. The molecular formula is C15H11ClN6O2. The fraction of sp³-hybridized carbons (Fsp3) is 0. The summed E-state index contributed by atoms with van der Waals surface area (Å²) in [5.41, 5.74) is 0.104. The predicted octanol–water partition coefficient (Wildman–Crippen LogP) is 2.21. The molecule has 3 aromatic heterocycles. The van der Waals surface area contributed by atoms with Gasteiger partial charge in [-0.15, -0.1) is 0 Å². The van der Waals surface area contributed by atoms with Crippen molar-refractivity contribution in [1.82, 2.24) is 19.9 Å². The lowest BCUT2D eigenvalue weighted by Gasteiger charge is -2.09. The summed E-state index contributed by atoms with van der Waals surface area (Å²) in [5, 5.41) is 5.50. The Kier molecular flexibility index (Phi) is 4.48. The van der Waals surface area contributed by atoms with E-state index in [9.17, 15) is 9.59 Å². The van der Waals surface area contributed by atoms with Crippen molar-refractivity contribution in [1.29, 1.82) is 0 Å². The summed E-state index contributed by atoms with van der Waals surface area (Å²) in [6.07, 6.45) is 5.93. The number of hydrogen-bond acceptors (Lipinski definition) is 6. The fourth-order valence-corrected chi connectivity index (χ4v) is 2.14. The number of amides is 1. The molecule has 0 radical (unpaired) electrons. The van der Waals surface area contributed by atoms with Crippen molar-refractivity contribution in [2.75, 3.05) is 10.6 Å². The van der Waals surface area contributed by atoms with E-state index in [4.69, 9.17) is 11.6 Å². The first kappa shape index (κ1) is 15.6. The summed E-state index contributed by atoms with van der Waals surface area (Å²) in [6.45, 7) is 0. The zero-order chi connectivity index (χ0) is 16.9. The van der Waals surface area contributed by atoms with Crippen LogP contribution in [0.25, 0.3) is 0 Å². The first-order valence-electron chi connectivity index (χ1n) is 6.81. The van der Waals surface area contributed by atoms with Crippen LogP contribution in [0.3, 0.4) is 0 Å². The van der Waals surface area contributed by atoms with E-state index < -0.39 is 11.5 Å². The topological polar surface area (TPSA) is 113 Å². The molecule has 0 bridgehead atoms. The number of pyridine rings is 2. The molecule has 0 saturated heterocycles. The number of rotatable bonds is 4. The molecule has 0 aliphatic rings. The van der Waals surface area contributed by atoms with E-state index in [0.717, 1.165) is 0 Å². The summed E-state index contributed by atoms with van der Waals surface area (Å²) in [5.74, 6) is -0.113. The van der Waals surface area contributed by atoms with Gasteiger partial charge in [-0.1, -0.05) is 11.6 Å². The maximum Gasteiger partial charge on any atom is 0.273 e. The van der Waals surface area contributed by atoms with E-state index in [-0.39, 0.29) is 16.4 Å². The Labute approximate surface area is 141 Å². The van der Waals surface area contributed by atoms with Crippen LogP contribution >= 0.6 is 11.6 Å². The Balaban J connectivity index is 1.84. The average Bonchev–Trinajstić information content (AvgIpc) is 2.59. The Morgan fingerprint density at radius 3 is 2.79 bits per heavy atom. The van der Waals surface area contributed by atoms with Crippen molar-refractivity contribution in [3.63, 3.8) is 0 Å². The van der Waals surface area contributed by atoms with Gasteiger partial charge < -0.3 is 15.6 Å². The summed E-state index contributed by atoms with van der Waals surface area (Å²) < 4.78 is 0. The Morgan fingerprint density at radius 1 is 1.21 bits per heavy atom. The summed E-state index contributed by atoms with van der Waals surface area (Å²) in [4.78, 5) is 38.4. The first-order valence-corrected chi connectivity index (χ1v) is 7.18. The molecule has 3 N–H and O–H groups in total. The molecule has 3 aromatic rings. The molecular weight excluding hydrogens is 332 g/mol. The third kappa shape index (κ3) is 3.55. The van der Waals surface area contributed by atoms with Crippen LogP contribution in [0.5, 0.6) is 0 Å². The van der Waals surface area contributed by atoms with Crippen LogP contribution in [-0.2, 0) is 0 Å². The largest absolute Gasteiger partial charge is 0.336 e. The number of anilines is 3. The second kappa shape index (κ2) is 6.88. The van der Waals surface area contributed by atoms with Gasteiger partial charge in [0.15, 0.2) is 0 Å². The Bertz CT molecular complexity index is 914. The molecule has 1 amide bonds. The van der Waals surface area contributed by atoms with E-state index in [2.05, 4.69) is 30.6 Å². The van der Waals surface area contributed by atoms with E-state index >= 15 is 0 Å². The number of carbonyl (C=O) groups excluding carboxylic acids is 1. The molecule has 3 rings (SSSR count). The molecule has 24 heavy (non-hydrogen) atoms. The van der Waals surface area contributed by atoms with Crippen LogP contribution in [-0.4, -0.2) is 25.8 Å². The van der Waals surface area contributed by atoms with E-state index in [1.165, 1.54) is 24.8 Å². The highest BCUT2D eigenvalue weighted by Crippen LogP contribution is 2.19. The second-order valence-electron chi connectivity index (χ2n) is 4.65. The lowest BCUT2D eigenvalue weighted by Crippen LogP contribution is -2.21. The molecule has 0 aliphatic carbocycles. The van der Waals surface area contributed by atoms with Gasteiger partial charge in [0.2, 0.25) is 0 Å². The number of nitrogens with zero attached hydrogens (tertiary/aromatic N) is 3. The predicted molar refractivity (Wildman–Crippen MR) is 89.6 cm³/mol. The minimum atomic E-state index is -0.543. The Hall–Kier alpha value is -3.26. The molecule has 0 saturated carbocycles. The first-order chi connectivity index (χ1) is 11.6. The number of H-pyrrole nitrogens is 1. The van der Waals surface area contributed by atoms with E-state index in [1.807, 2.05) is 0 Å². The van der Waals surface area contributed by atoms with Crippen LogP contribution in [0.2, 0.25) is 5.02 Å². The van der Waals surface area contributed by atoms with Crippen LogP contribution in [0.4, 0.5) is 17.2 Å². The van der Waals surface area contributed by atoms with Gasteiger partial charge >= 0.3 is 0 Å². The summed E-state index contributed by atoms with van der Waals surface area (Å²) >= 11 is 6.11. The molecule has 9 heteroatoms. The van der Waals surface area contributed by atoms with Gasteiger partial charge in [0.05, 0.1) is 16.9 Å². The quantitative estimate of drug-likeness (QED) is 0.670. The normalized spacial score (nSPS) is 10.2. The van der Waals surface area contributed by atoms with Gasteiger partial charge in [-0.25, -0.2) is 9.97 Å². The molecule has 0 spiro atoms. The summed E-state index contributed by atoms with van der Waals surface area (Å²) in [7, 11) is 0. The third-order valence-corrected chi connectivity index (χ3v) is 3.28. The SMILES string of the molecule is O=C(Nc1cccnc1)c1[nH]c(=O)c(Nc2ccncn2)cc1Cl. The van der Waals surface area contributed by atoms with Crippen LogP contribution in [0.1, 0.15) is 10.5 Å². The van der Waals surface area contributed by atoms with Crippen molar-refractivity contribution < 1.29 is 4.79 Å². The fourth-order valence-electron chi connectivity index (χ4n) is 1.90. The number of halogens is 1. The minimum Gasteiger partial charge on any atom is -0.336 e. The smallest absolute Gasteiger partial charge is 0.273 e. The molecule has 8 nitrogen and oxygen atoms in total. The summed E-state index contributed by atoms with van der Waals surface area (Å²) in [6, 6.07) is 6.30. The Morgan fingerprint density at radius 2 is 2.08 bits per heavy atom. The zero-order valence-electron chi connectivity index (χ0n) is 12.2. The molecule has 0 unspecified atom stereocenters. The monoisotopic (exact) mass is 342 g/mol. The van der Waals surface area contributed by atoms with Crippen LogP contribution in [0.15, 0.2) is 54.0 Å². The van der Waals surface area contributed by atoms with E-state index in [0.29, 0.717) is 11.5 Å². The standard InChI is InChI=1S/C15H11ClN6O2/c16-10-6-11(21-12-3-5-18-8-19-12)14(23)22-13(10)15(24)20-9-2-1-4-17-7-9/h1-8H,(H,20,24)(H,22,23)(H,18,19,21). The molecule has 0 fully saturated rings. The van der Waals surface area contributed by atoms with Crippen LogP contribution in [0, 0.1) is 0 Å². The number of nitrogens with one attached hydrogen (secondary N) is 3. The maximum atomic E-state index is 12.2. The van der Waals surface area contributed by atoms with Crippen molar-refractivity contribution in [2.24, 2.45) is 0 Å².